The maximum atomic E-state index is 13.8. The molecule has 2 aromatic rings. The number of rotatable bonds is 12. The van der Waals surface area contributed by atoms with Crippen LogP contribution in [0.3, 0.4) is 0 Å². The molecule has 4 rings (SSSR count). The van der Waals surface area contributed by atoms with Crippen molar-refractivity contribution in [3.63, 3.8) is 0 Å². The Morgan fingerprint density at radius 1 is 1.16 bits per heavy atom. The molecule has 1 heterocycles. The number of hydrogen-bond donors (Lipinski definition) is 5. The maximum Gasteiger partial charge on any atom is 0.488 e. The molecule has 2 aliphatic rings. The number of ether oxygens (including phenoxy) is 1. The first-order valence-corrected chi connectivity index (χ1v) is 16.1. The lowest BCUT2D eigenvalue weighted by Crippen LogP contribution is -2.40. The third-order valence-corrected chi connectivity index (χ3v) is 9.57. The Hall–Kier alpha value is -2.71. The quantitative estimate of drug-likeness (QED) is 0.0966. The summed E-state index contributed by atoms with van der Waals surface area (Å²) < 4.78 is 5.98. The lowest BCUT2D eigenvalue weighted by Gasteiger charge is -2.38. The summed E-state index contributed by atoms with van der Waals surface area (Å²) in [6, 6.07) is 9.68. The summed E-state index contributed by atoms with van der Waals surface area (Å²) in [6.07, 6.45) is 4.08. The highest BCUT2D eigenvalue weighted by atomic mass is 127. The zero-order valence-electron chi connectivity index (χ0n) is 25.5. The molecule has 1 saturated heterocycles. The van der Waals surface area contributed by atoms with Crippen LogP contribution in [0.15, 0.2) is 53.1 Å². The highest BCUT2D eigenvalue weighted by Crippen LogP contribution is 2.49. The number of fused-ring (bicyclic) bond motifs is 1. The van der Waals surface area contributed by atoms with Gasteiger partial charge in [0.25, 0.3) is 0 Å². The van der Waals surface area contributed by atoms with E-state index in [0.29, 0.717) is 34.2 Å². The molecule has 0 bridgehead atoms. The van der Waals surface area contributed by atoms with Crippen LogP contribution in [0, 0.1) is 27.2 Å². The highest BCUT2D eigenvalue weighted by molar-refractivity contribution is 14.1. The van der Waals surface area contributed by atoms with Crippen molar-refractivity contribution in [1.29, 1.82) is 0 Å². The molecule has 0 spiro atoms. The molecule has 11 heteroatoms. The van der Waals surface area contributed by atoms with E-state index in [0.717, 1.165) is 34.5 Å². The van der Waals surface area contributed by atoms with Gasteiger partial charge < -0.3 is 30.1 Å². The molecule has 2 amide bonds. The van der Waals surface area contributed by atoms with Crippen molar-refractivity contribution < 1.29 is 39.7 Å². The second kappa shape index (κ2) is 14.6. The average molecular weight is 717 g/mol. The van der Waals surface area contributed by atoms with E-state index in [1.165, 1.54) is 19.2 Å². The third kappa shape index (κ3) is 6.91. The zero-order chi connectivity index (χ0) is 32.3. The summed E-state index contributed by atoms with van der Waals surface area (Å²) in [4.78, 5) is 28.6. The van der Waals surface area contributed by atoms with Crippen LogP contribution in [0.5, 0.6) is 11.5 Å². The van der Waals surface area contributed by atoms with Crippen LogP contribution in [0.1, 0.15) is 58.4 Å². The van der Waals surface area contributed by atoms with Crippen molar-refractivity contribution in [2.75, 3.05) is 18.6 Å². The number of methoxy groups -OCH3 is 1. The summed E-state index contributed by atoms with van der Waals surface area (Å²) in [5.41, 5.74) is 3.93. The van der Waals surface area contributed by atoms with Gasteiger partial charge in [-0.1, -0.05) is 56.5 Å². The third-order valence-electron chi connectivity index (χ3n) is 8.75. The molecule has 0 aromatic heterocycles. The van der Waals surface area contributed by atoms with Gasteiger partial charge in [-0.2, -0.15) is 0 Å². The van der Waals surface area contributed by atoms with Gasteiger partial charge in [-0.25, -0.2) is 0 Å². The molecule has 1 fully saturated rings. The number of halogens is 1. The van der Waals surface area contributed by atoms with Gasteiger partial charge in [0.1, 0.15) is 0 Å². The normalized spacial score (nSPS) is 21.3. The lowest BCUT2D eigenvalue weighted by molar-refractivity contribution is -0.123. The smallest absolute Gasteiger partial charge is 0.488 e. The first-order valence-electron chi connectivity index (χ1n) is 15.0. The highest BCUT2D eigenvalue weighted by Gasteiger charge is 2.55. The fraction of sp³-hybridized carbons (Fsp3) is 0.455. The minimum atomic E-state index is -1.75. The average Bonchev–Trinajstić information content (AvgIpc) is 3.25. The molecule has 1 aliphatic carbocycles. The predicted octanol–water partition coefficient (Wildman–Crippen LogP) is 3.78. The Morgan fingerprint density at radius 3 is 2.50 bits per heavy atom. The number of imide groups is 1. The lowest BCUT2D eigenvalue weighted by atomic mass is 9.66. The fourth-order valence-corrected chi connectivity index (χ4v) is 7.29. The van der Waals surface area contributed by atoms with E-state index in [-0.39, 0.29) is 28.7 Å². The number of aliphatic hydroxyl groups is 2. The predicted molar refractivity (Wildman–Crippen MR) is 178 cm³/mol. The van der Waals surface area contributed by atoms with E-state index in [9.17, 15) is 35.0 Å². The van der Waals surface area contributed by atoms with Crippen molar-refractivity contribution in [3.05, 3.63) is 62.3 Å². The molecule has 5 N–H and O–H groups in total. The molecular weight excluding hydrogens is 676 g/mol. The van der Waals surface area contributed by atoms with E-state index in [4.69, 9.17) is 4.74 Å². The molecule has 236 valence electrons. The van der Waals surface area contributed by atoms with E-state index >= 15 is 0 Å². The van der Waals surface area contributed by atoms with Crippen LogP contribution in [0.4, 0.5) is 5.69 Å². The minimum Gasteiger partial charge on any atom is -0.504 e. The monoisotopic (exact) mass is 717 g/mol. The molecule has 2 aromatic carbocycles. The molecule has 0 saturated carbocycles. The molecule has 1 aliphatic heterocycles. The van der Waals surface area contributed by atoms with Crippen LogP contribution in [0.2, 0.25) is 0 Å². The first-order chi connectivity index (χ1) is 20.9. The van der Waals surface area contributed by atoms with Gasteiger partial charge in [-0.15, -0.1) is 0 Å². The Labute approximate surface area is 272 Å². The number of allylic oxidation sites excluding steroid dienone is 2. The first kappa shape index (κ1) is 34.2. The SMILES string of the molecule is CCC/C(=C\c1cc(I)c(O)c(OC)c1)CC[C@@H](O)C1=C(C(C)C)C[C@H]2C(=O)N(c3cccc(B(O)O)c3)C(=O)[C@H]2[C@H]1CO. The summed E-state index contributed by atoms with van der Waals surface area (Å²) in [7, 11) is -0.246. The summed E-state index contributed by atoms with van der Waals surface area (Å²) >= 11 is 2.06. The van der Waals surface area contributed by atoms with E-state index in [2.05, 4.69) is 29.5 Å². The number of carbonyl (C=O) groups is 2. The summed E-state index contributed by atoms with van der Waals surface area (Å²) in [6.45, 7) is 5.67. The van der Waals surface area contributed by atoms with E-state index < -0.39 is 43.5 Å². The number of aromatic hydroxyl groups is 1. The van der Waals surface area contributed by atoms with Crippen molar-refractivity contribution in [3.8, 4) is 11.5 Å². The standard InChI is InChI=1S/C33H41BINO8/c1-5-7-19(12-20-13-26(35)31(39)28(14-20)44-4)10-11-27(38)29-23(18(2)3)16-24-30(25(29)17-37)33(41)36(32(24)40)22-9-6-8-21(15-22)34(42)43/h6,8-9,12-15,18,24-25,27,30,37-39,42-43H,5,7,10-11,16-17H2,1-4H3/b19-12+/t24-,25+,27-,30-/m1/s1. The number of anilines is 1. The van der Waals surface area contributed by atoms with Crippen LogP contribution in [0.25, 0.3) is 6.08 Å². The molecule has 4 atom stereocenters. The summed E-state index contributed by atoms with van der Waals surface area (Å²) in [5, 5.41) is 51.8. The molecule has 9 nitrogen and oxygen atoms in total. The van der Waals surface area contributed by atoms with Crippen LogP contribution < -0.4 is 15.1 Å². The molecule has 44 heavy (non-hydrogen) atoms. The summed E-state index contributed by atoms with van der Waals surface area (Å²) in [5.74, 6) is -2.63. The molecule has 0 radical (unpaired) electrons. The van der Waals surface area contributed by atoms with Crippen molar-refractivity contribution in [2.45, 2.75) is 59.0 Å². The number of carbonyl (C=O) groups excluding carboxylic acids is 2. The largest absolute Gasteiger partial charge is 0.504 e. The van der Waals surface area contributed by atoms with Gasteiger partial charge >= 0.3 is 7.12 Å². The number of nitrogens with zero attached hydrogens (tertiary/aromatic N) is 1. The van der Waals surface area contributed by atoms with Crippen LogP contribution in [-0.4, -0.2) is 64.1 Å². The number of phenols is 1. The molecular formula is C33H41BINO8. The Morgan fingerprint density at radius 2 is 1.89 bits per heavy atom. The van der Waals surface area contributed by atoms with Gasteiger partial charge in [0.15, 0.2) is 11.5 Å². The maximum absolute atomic E-state index is 13.8. The van der Waals surface area contributed by atoms with Crippen molar-refractivity contribution in [1.82, 2.24) is 0 Å². The second-order valence-corrected chi connectivity index (χ2v) is 13.1. The Kier molecular flexibility index (Phi) is 11.3. The Balaban J connectivity index is 1.63. The van der Waals surface area contributed by atoms with Crippen LogP contribution >= 0.6 is 22.6 Å². The number of phenolic OH excluding ortho intramolecular Hbond substituents is 1. The number of aliphatic hydroxyl groups excluding tert-OH is 2. The van der Waals surface area contributed by atoms with Crippen LogP contribution in [-0.2, 0) is 9.59 Å². The number of hydrogen-bond acceptors (Lipinski definition) is 8. The van der Waals surface area contributed by atoms with Gasteiger partial charge in [0.05, 0.1) is 40.9 Å². The van der Waals surface area contributed by atoms with Gasteiger partial charge in [-0.05, 0) is 95.1 Å². The van der Waals surface area contributed by atoms with Gasteiger partial charge in [-0.3, -0.25) is 14.5 Å². The van der Waals surface area contributed by atoms with Gasteiger partial charge in [0, 0.05) is 5.92 Å². The zero-order valence-corrected chi connectivity index (χ0v) is 27.7. The van der Waals surface area contributed by atoms with Crippen molar-refractivity contribution in [2.24, 2.45) is 23.7 Å². The minimum absolute atomic E-state index is 0.0170. The number of benzene rings is 2. The van der Waals surface area contributed by atoms with Crippen molar-refractivity contribution >= 4 is 58.7 Å². The second-order valence-electron chi connectivity index (χ2n) is 11.9. The van der Waals surface area contributed by atoms with Gasteiger partial charge in [0.2, 0.25) is 11.8 Å². The topological polar surface area (TPSA) is 148 Å². The number of amides is 2. The Bertz CT molecular complexity index is 1460. The van der Waals surface area contributed by atoms with E-state index in [1.807, 2.05) is 26.0 Å². The molecule has 0 unspecified atom stereocenters. The fourth-order valence-electron chi connectivity index (χ4n) is 6.66. The van der Waals surface area contributed by atoms with E-state index in [1.54, 1.807) is 18.2 Å².